The minimum Gasteiger partial charge on any atom is -0.493 e. The Morgan fingerprint density at radius 2 is 1.89 bits per heavy atom. The van der Waals surface area contributed by atoms with Crippen LogP contribution in [0, 0.1) is 11.7 Å². The largest absolute Gasteiger partial charge is 0.493 e. The summed E-state index contributed by atoms with van der Waals surface area (Å²) in [5.41, 5.74) is 4.31. The highest BCUT2D eigenvalue weighted by atomic mass is 32.2. The number of nitrogens with one attached hydrogen (secondary N) is 3. The van der Waals surface area contributed by atoms with Crippen LogP contribution in [0.25, 0.3) is 16.6 Å². The summed E-state index contributed by atoms with van der Waals surface area (Å²) in [6, 6.07) is 12.4. The molecule has 0 aliphatic rings. The van der Waals surface area contributed by atoms with Crippen LogP contribution >= 0.6 is 0 Å². The number of aromatic amines is 1. The Balaban J connectivity index is 1.75. The minimum atomic E-state index is -2.83. The number of rotatable bonds is 8. The van der Waals surface area contributed by atoms with E-state index in [1.165, 1.54) is 6.26 Å². The van der Waals surface area contributed by atoms with Crippen molar-refractivity contribution < 1.29 is 13.7 Å². The summed E-state index contributed by atoms with van der Waals surface area (Å²) in [5, 5.41) is 2.86. The Bertz CT molecular complexity index is 1630. The number of hydrogen-bond donors (Lipinski definition) is 3. The molecule has 9 nitrogen and oxygen atoms in total. The van der Waals surface area contributed by atoms with Gasteiger partial charge >= 0.3 is 0 Å². The smallest absolute Gasteiger partial charge is 0.268 e. The van der Waals surface area contributed by atoms with Crippen LogP contribution in [0.5, 0.6) is 5.75 Å². The molecule has 0 radical (unpaired) electrons. The lowest BCUT2D eigenvalue weighted by Gasteiger charge is -2.14. The fourth-order valence-electron chi connectivity index (χ4n) is 4.20. The zero-order chi connectivity index (χ0) is 26.9. The van der Waals surface area contributed by atoms with E-state index in [2.05, 4.69) is 15.3 Å². The zero-order valence-electron chi connectivity index (χ0n) is 21.5. The second-order valence-electron chi connectivity index (χ2n) is 9.28. The normalized spacial score (nSPS) is 13.0. The number of imidazole rings is 1. The van der Waals surface area contributed by atoms with Crippen molar-refractivity contribution in [3.8, 4) is 16.9 Å². The summed E-state index contributed by atoms with van der Waals surface area (Å²) in [5.74, 6) is 0.197. The molecule has 4 aromatic rings. The molecule has 1 amide bonds. The molecule has 1 aromatic carbocycles. The van der Waals surface area contributed by atoms with Crippen LogP contribution in [-0.4, -0.2) is 37.3 Å². The van der Waals surface area contributed by atoms with E-state index in [9.17, 15) is 13.8 Å². The molecule has 37 heavy (non-hydrogen) atoms. The van der Waals surface area contributed by atoms with E-state index in [-0.39, 0.29) is 23.9 Å². The van der Waals surface area contributed by atoms with E-state index in [0.29, 0.717) is 34.2 Å². The van der Waals surface area contributed by atoms with Gasteiger partial charge in [0, 0.05) is 16.8 Å². The van der Waals surface area contributed by atoms with Crippen LogP contribution in [0.3, 0.4) is 0 Å². The van der Waals surface area contributed by atoms with Crippen molar-refractivity contribution in [1.82, 2.24) is 19.7 Å². The maximum atomic E-state index is 13.5. The lowest BCUT2D eigenvalue weighted by atomic mass is 10.0. The maximum absolute atomic E-state index is 13.5. The summed E-state index contributed by atoms with van der Waals surface area (Å²) in [6.45, 7) is 8.07. The van der Waals surface area contributed by atoms with Crippen LogP contribution in [-0.2, 0) is 16.3 Å². The summed E-state index contributed by atoms with van der Waals surface area (Å²) in [4.78, 5) is 33.8. The van der Waals surface area contributed by atoms with Crippen molar-refractivity contribution in [2.45, 2.75) is 45.1 Å². The number of benzene rings is 1. The first-order chi connectivity index (χ1) is 17.5. The second-order valence-corrected chi connectivity index (χ2v) is 11.4. The molecule has 1 unspecified atom stereocenters. The molecule has 0 bridgehead atoms. The number of H-pyrrole nitrogens is 1. The monoisotopic (exact) mass is 521 g/mol. The Morgan fingerprint density at radius 3 is 2.51 bits per heavy atom. The Hall–Kier alpha value is -3.92. The summed E-state index contributed by atoms with van der Waals surface area (Å²) >= 11 is 0. The Kier molecular flexibility index (Phi) is 7.22. The van der Waals surface area contributed by atoms with E-state index >= 15 is 0 Å². The molecule has 194 valence electrons. The number of amides is 1. The van der Waals surface area contributed by atoms with Gasteiger partial charge in [-0.3, -0.25) is 14.0 Å². The molecule has 10 heteroatoms. The molecule has 0 aliphatic heterocycles. The third kappa shape index (κ3) is 5.43. The fourth-order valence-corrected chi connectivity index (χ4v) is 4.86. The van der Waals surface area contributed by atoms with Crippen LogP contribution in [0.15, 0.2) is 58.5 Å². The predicted octanol–water partition coefficient (Wildman–Crippen LogP) is 4.49. The van der Waals surface area contributed by atoms with Gasteiger partial charge in [-0.25, -0.2) is 14.0 Å². The SMILES string of the molecule is CCOc1cc(C)[nH]c(=O)c1CNC(=O)c1cc(-c2ccc(S(C)(=N)=O)cc2)cc2c(C(C)C)ncn12. The van der Waals surface area contributed by atoms with Gasteiger partial charge in [0.05, 0.1) is 39.7 Å². The molecule has 0 saturated carbocycles. The van der Waals surface area contributed by atoms with Crippen LogP contribution in [0.2, 0.25) is 0 Å². The molecule has 0 spiro atoms. The van der Waals surface area contributed by atoms with Crippen LogP contribution < -0.4 is 15.6 Å². The van der Waals surface area contributed by atoms with Gasteiger partial charge in [0.1, 0.15) is 17.8 Å². The molecule has 3 aromatic heterocycles. The Morgan fingerprint density at radius 1 is 1.19 bits per heavy atom. The van der Waals surface area contributed by atoms with E-state index < -0.39 is 9.73 Å². The zero-order valence-corrected chi connectivity index (χ0v) is 22.4. The van der Waals surface area contributed by atoms with Crippen molar-refractivity contribution in [2.24, 2.45) is 0 Å². The molecule has 0 saturated heterocycles. The Labute approximate surface area is 215 Å². The molecule has 4 rings (SSSR count). The number of nitrogens with zero attached hydrogens (tertiary/aromatic N) is 2. The van der Waals surface area contributed by atoms with Gasteiger partial charge in [0.25, 0.3) is 11.5 Å². The fraction of sp³-hybridized carbons (Fsp3) is 0.296. The third-order valence-corrected chi connectivity index (χ3v) is 7.22. The van der Waals surface area contributed by atoms with Crippen molar-refractivity contribution in [3.05, 3.63) is 81.8 Å². The molecule has 3 N–H and O–H groups in total. The number of aromatic nitrogens is 3. The van der Waals surface area contributed by atoms with Crippen LogP contribution in [0.1, 0.15) is 54.1 Å². The number of pyridine rings is 2. The number of aryl methyl sites for hydroxylation is 1. The molecule has 3 heterocycles. The van der Waals surface area contributed by atoms with E-state index in [1.54, 1.807) is 54.0 Å². The summed E-state index contributed by atoms with van der Waals surface area (Å²) < 4.78 is 27.3. The van der Waals surface area contributed by atoms with Crippen molar-refractivity contribution in [3.63, 3.8) is 0 Å². The number of ether oxygens (including phenoxy) is 1. The van der Waals surface area contributed by atoms with Crippen molar-refractivity contribution >= 4 is 21.2 Å². The van der Waals surface area contributed by atoms with Gasteiger partial charge < -0.3 is 15.0 Å². The number of carbonyl (C=O) groups excluding carboxylic acids is 1. The third-order valence-electron chi connectivity index (χ3n) is 6.05. The number of hydrogen-bond acceptors (Lipinski definition) is 6. The standard InChI is InChI=1S/C27H31N5O4S/c1-6-36-24-11-17(4)31-26(33)21(24)14-29-27(34)23-13-19(12-22-25(16(2)3)30-15-32(22)23)18-7-9-20(10-8-18)37(5,28)35/h7-13,15-16,28H,6,14H2,1-5H3,(H,29,34)(H,31,33). The van der Waals surface area contributed by atoms with E-state index in [1.807, 2.05) is 26.8 Å². The first kappa shape index (κ1) is 26.2. The molecule has 0 fully saturated rings. The van der Waals surface area contributed by atoms with Crippen molar-refractivity contribution in [1.29, 1.82) is 4.78 Å². The highest BCUT2D eigenvalue weighted by Gasteiger charge is 2.19. The van der Waals surface area contributed by atoms with Gasteiger partial charge in [-0.05, 0) is 61.2 Å². The van der Waals surface area contributed by atoms with E-state index in [4.69, 9.17) is 9.52 Å². The highest BCUT2D eigenvalue weighted by molar-refractivity contribution is 7.91. The number of carbonyl (C=O) groups is 1. The molecular formula is C27H31N5O4S. The minimum absolute atomic E-state index is 0.00963. The first-order valence-corrected chi connectivity index (χ1v) is 13.9. The summed E-state index contributed by atoms with van der Waals surface area (Å²) in [6.07, 6.45) is 3.01. The first-order valence-electron chi connectivity index (χ1n) is 12.0. The quantitative estimate of drug-likeness (QED) is 0.315. The van der Waals surface area contributed by atoms with Gasteiger partial charge in [-0.2, -0.15) is 0 Å². The van der Waals surface area contributed by atoms with Gasteiger partial charge in [-0.1, -0.05) is 26.0 Å². The molecule has 0 aliphatic carbocycles. The average Bonchev–Trinajstić information content (AvgIpc) is 3.27. The second kappa shape index (κ2) is 10.2. The van der Waals surface area contributed by atoms with Gasteiger partial charge in [0.15, 0.2) is 0 Å². The average molecular weight is 522 g/mol. The van der Waals surface area contributed by atoms with Crippen LogP contribution in [0.4, 0.5) is 0 Å². The summed E-state index contributed by atoms with van der Waals surface area (Å²) in [7, 11) is -2.83. The van der Waals surface area contributed by atoms with Gasteiger partial charge in [-0.15, -0.1) is 0 Å². The van der Waals surface area contributed by atoms with E-state index in [0.717, 1.165) is 22.3 Å². The lowest BCUT2D eigenvalue weighted by molar-refractivity contribution is 0.0944. The maximum Gasteiger partial charge on any atom is 0.268 e. The van der Waals surface area contributed by atoms with Gasteiger partial charge in [0.2, 0.25) is 0 Å². The molecular weight excluding hydrogens is 490 g/mol. The predicted molar refractivity (Wildman–Crippen MR) is 144 cm³/mol. The topological polar surface area (TPSA) is 129 Å². The lowest BCUT2D eigenvalue weighted by Crippen LogP contribution is -2.29. The highest BCUT2D eigenvalue weighted by Crippen LogP contribution is 2.28. The molecule has 1 atom stereocenters. The van der Waals surface area contributed by atoms with Crippen molar-refractivity contribution in [2.75, 3.05) is 12.9 Å². The number of fused-ring (bicyclic) bond motifs is 1.